The topological polar surface area (TPSA) is 181 Å². The van der Waals surface area contributed by atoms with Gasteiger partial charge in [-0.1, -0.05) is 266 Å². The summed E-state index contributed by atoms with van der Waals surface area (Å²) in [6.45, 7) is 0. The molecule has 0 unspecified atom stereocenters. The normalized spacial score (nSPS) is 11.4. The lowest BCUT2D eigenvalue weighted by Crippen LogP contribution is -1.93. The third-order valence-electron chi connectivity index (χ3n) is 24.2. The number of nitrogens with one attached hydrogen (secondary N) is 2. The van der Waals surface area contributed by atoms with E-state index in [0.717, 1.165) is 195 Å². The Labute approximate surface area is 807 Å². The number of anilines is 2. The summed E-state index contributed by atoms with van der Waals surface area (Å²) in [4.78, 5) is 23.2. The zero-order chi connectivity index (χ0) is 90.6. The number of furan rings is 4. The Morgan fingerprint density at radius 1 is 0.246 bits per heavy atom. The predicted octanol–water partition coefficient (Wildman–Crippen LogP) is 34.7. The van der Waals surface area contributed by atoms with Crippen LogP contribution in [0.25, 0.3) is 214 Å². The van der Waals surface area contributed by atoms with Gasteiger partial charge in [0.1, 0.15) is 56.8 Å². The molecule has 0 atom stereocenters. The molecule has 0 spiro atoms. The Balaban J connectivity index is 0.0000000969. The third kappa shape index (κ3) is 16.1. The first-order chi connectivity index (χ1) is 65.8. The summed E-state index contributed by atoms with van der Waals surface area (Å²) in [5.74, 6) is 0.873. The van der Waals surface area contributed by atoms with Crippen LogP contribution in [0.5, 0.6) is 0 Å². The number of imidazole rings is 1. The molecule has 0 saturated carbocycles. The number of para-hydroxylation sites is 11. The van der Waals surface area contributed by atoms with E-state index in [0.29, 0.717) is 16.9 Å². The first kappa shape index (κ1) is 84.3. The lowest BCUT2D eigenvalue weighted by molar-refractivity contribution is 0.112. The maximum absolute atomic E-state index is 11.4. The van der Waals surface area contributed by atoms with Crippen LogP contribution in [0.2, 0.25) is 0 Å². The van der Waals surface area contributed by atoms with Crippen molar-refractivity contribution in [2.75, 3.05) is 11.5 Å². The van der Waals surface area contributed by atoms with Crippen LogP contribution in [-0.4, -0.2) is 34.9 Å². The van der Waals surface area contributed by atoms with E-state index in [1.807, 2.05) is 188 Å². The van der Waals surface area contributed by atoms with Gasteiger partial charge in [-0.2, -0.15) is 0 Å². The van der Waals surface area contributed by atoms with Crippen molar-refractivity contribution in [1.29, 1.82) is 0 Å². The van der Waals surface area contributed by atoms with Crippen LogP contribution in [0.3, 0.4) is 0 Å². The zero-order valence-corrected chi connectivity index (χ0v) is 79.1. The number of nitrogens with zero attached hydrogens (tertiary/aromatic N) is 4. The number of hydrogen-bond donors (Lipinski definition) is 4. The lowest BCUT2D eigenvalue weighted by Gasteiger charge is -2.08. The van der Waals surface area contributed by atoms with E-state index >= 15 is 0 Å². The number of hydrogen-bond acceptors (Lipinski definition) is 8. The van der Waals surface area contributed by atoms with Crippen LogP contribution < -0.4 is 11.5 Å². The van der Waals surface area contributed by atoms with Crippen molar-refractivity contribution in [3.63, 3.8) is 0 Å². The predicted molar refractivity (Wildman–Crippen MR) is 574 cm³/mol. The minimum atomic E-state index is 0.646. The molecule has 9 aromatic heterocycles. The van der Waals surface area contributed by atoms with Gasteiger partial charge in [0, 0.05) is 167 Å². The Hall–Kier alpha value is -15.3. The molecule has 0 radical (unpaired) electrons. The molecule has 134 heavy (non-hydrogen) atoms. The van der Waals surface area contributed by atoms with Gasteiger partial charge in [0.25, 0.3) is 0 Å². The number of halogens is 5. The number of aromatic amines is 2. The van der Waals surface area contributed by atoms with Crippen LogP contribution in [0.4, 0.5) is 11.4 Å². The number of aromatic nitrogens is 6. The molecular formula is C116H75Br5N8O5. The quantitative estimate of drug-likeness (QED) is 0.0970. The number of fused-ring (bicyclic) bond motifs is 25. The molecule has 0 fully saturated rings. The molecular weight excluding hydrogens is 1980 g/mol. The van der Waals surface area contributed by atoms with E-state index in [-0.39, 0.29) is 0 Å². The van der Waals surface area contributed by atoms with Gasteiger partial charge in [-0.25, -0.2) is 4.98 Å². The molecule has 0 saturated heterocycles. The van der Waals surface area contributed by atoms with Crippen LogP contribution in [0, 0.1) is 0 Å². The highest BCUT2D eigenvalue weighted by Gasteiger charge is 2.23. The second-order valence-electron chi connectivity index (χ2n) is 32.4. The molecule has 0 aliphatic rings. The fourth-order valence-corrected chi connectivity index (χ4v) is 19.6. The second-order valence-corrected chi connectivity index (χ2v) is 36.9. The SMILES string of the molecule is Brc1ccc2c(c1)[nH]c1cc3oc4ccccc4c3cc12.Brc1ccc2c3cc4c(cc3n(-c3ccccc3)c2c1)oc1ccccc14.Brc1ccccc1.Brc1ccccc1Br.Nc1ccccc1N.O=Cc1ccc2c3cc4c(cc3n(-c3ccccc3)c2c1)oc1ccccc14.c1ccc(-n2c3cc(-c4nc5ccccc5[nH]4)ccc3c3cc4c(cc32)oc2ccccc24)cc1. The number of nitrogens with two attached hydrogens (primary N) is 2. The smallest absolute Gasteiger partial charge is 0.150 e. The standard InChI is InChI=1S/C31H19N3O.C25H15NO2.C24H14BrNO.C18H10BrNO.C6H4Br2.C6H5Br.C6H8N2/c1-2-8-20(9-3-1)34-27-16-19(31-32-25-11-5-6-12-26(25)33-31)14-15-21(27)23-17-24-22-10-4-7-13-29(22)35-30(24)18-28(23)34;27-15-16-10-11-18-20-13-21-19-8-4-5-9-24(19)28-25(21)14-23(20)26(22(18)12-16)17-6-2-1-3-7-17;25-15-10-11-17-19-13-20-18-8-4-5-9-23(18)27-24(20)14-22(19)26(21(17)12-15)16-6-2-1-3-7-16;19-10-5-6-11-13-8-14-12-3-1-2-4-17(12)21-18(14)9-16(13)20-15(11)7-10;7-5-3-1-2-4-6(5)8;7-6-4-2-1-3-5-6;7-5-3-1-2-4-6(5)8/h1-18H,(H,32,33);1-15H;1-14H;1-9,20H;1-4H;1-5H;1-4H,7-8H2. The zero-order valence-electron chi connectivity index (χ0n) is 71.2. The average Bonchev–Trinajstić information content (AvgIpc) is 1.58. The Kier molecular flexibility index (Phi) is 22.7. The van der Waals surface area contributed by atoms with Gasteiger partial charge < -0.3 is 52.8 Å². The maximum Gasteiger partial charge on any atom is 0.150 e. The Bertz CT molecular complexity index is 9240. The molecule has 28 rings (SSSR count). The summed E-state index contributed by atoms with van der Waals surface area (Å²) in [6.07, 6.45) is 0.895. The van der Waals surface area contributed by atoms with Crippen molar-refractivity contribution in [3.8, 4) is 28.5 Å². The molecule has 644 valence electrons. The van der Waals surface area contributed by atoms with Gasteiger partial charge in [0.05, 0.1) is 61.0 Å². The highest BCUT2D eigenvalue weighted by atomic mass is 79.9. The van der Waals surface area contributed by atoms with Crippen molar-refractivity contribution >= 4 is 283 Å². The van der Waals surface area contributed by atoms with E-state index in [4.69, 9.17) is 34.1 Å². The lowest BCUT2D eigenvalue weighted by atomic mass is 10.1. The van der Waals surface area contributed by atoms with E-state index in [1.54, 1.807) is 12.1 Å². The monoisotopic (exact) mass is 2050 g/mol. The number of H-pyrrole nitrogens is 2. The fourth-order valence-electron chi connectivity index (χ4n) is 18.0. The van der Waals surface area contributed by atoms with E-state index in [2.05, 4.69) is 316 Å². The van der Waals surface area contributed by atoms with Gasteiger partial charge in [0.15, 0.2) is 0 Å². The first-order valence-electron chi connectivity index (χ1n) is 43.4. The number of nitrogen functional groups attached to an aromatic ring is 2. The van der Waals surface area contributed by atoms with Crippen molar-refractivity contribution in [2.24, 2.45) is 0 Å². The summed E-state index contributed by atoms with van der Waals surface area (Å²) in [5, 5.41) is 18.8. The molecule has 13 nitrogen and oxygen atoms in total. The van der Waals surface area contributed by atoms with Crippen molar-refractivity contribution in [3.05, 3.63) is 440 Å². The maximum atomic E-state index is 11.4. The van der Waals surface area contributed by atoms with Gasteiger partial charge in [0.2, 0.25) is 0 Å². The molecule has 0 aliphatic heterocycles. The Morgan fingerprint density at radius 2 is 0.597 bits per heavy atom. The minimum absolute atomic E-state index is 0.646. The van der Waals surface area contributed by atoms with Crippen LogP contribution in [0.15, 0.2) is 453 Å². The summed E-state index contributed by atoms with van der Waals surface area (Å²) < 4.78 is 36.8. The first-order valence-corrected chi connectivity index (χ1v) is 47.4. The Morgan fingerprint density at radius 3 is 1.03 bits per heavy atom. The molecule has 0 bridgehead atoms. The van der Waals surface area contributed by atoms with Crippen molar-refractivity contribution in [1.82, 2.24) is 28.7 Å². The van der Waals surface area contributed by atoms with Crippen LogP contribution in [-0.2, 0) is 0 Å². The molecule has 18 heteroatoms. The van der Waals surface area contributed by atoms with Crippen LogP contribution >= 0.6 is 79.6 Å². The molecule has 19 aromatic carbocycles. The third-order valence-corrected chi connectivity index (χ3v) is 27.7. The van der Waals surface area contributed by atoms with Gasteiger partial charge >= 0.3 is 0 Å². The highest BCUT2D eigenvalue weighted by Crippen LogP contribution is 2.45. The van der Waals surface area contributed by atoms with Crippen molar-refractivity contribution in [2.45, 2.75) is 0 Å². The second kappa shape index (κ2) is 36.1. The summed E-state index contributed by atoms with van der Waals surface area (Å²) in [5.41, 5.74) is 35.3. The fraction of sp³-hybridized carbons (Fsp3) is 0. The van der Waals surface area contributed by atoms with Gasteiger partial charge in [-0.15, -0.1) is 0 Å². The minimum Gasteiger partial charge on any atom is -0.456 e. The van der Waals surface area contributed by atoms with Gasteiger partial charge in [-0.3, -0.25) is 4.79 Å². The number of rotatable bonds is 5. The number of carbonyl (C=O) groups is 1. The summed E-state index contributed by atoms with van der Waals surface area (Å²) >= 11 is 17.2. The van der Waals surface area contributed by atoms with E-state index in [1.165, 1.54) is 48.6 Å². The van der Waals surface area contributed by atoms with Gasteiger partial charge in [-0.05, 0) is 202 Å². The van der Waals surface area contributed by atoms with E-state index in [9.17, 15) is 4.79 Å². The molecule has 9 heterocycles. The molecule has 28 aromatic rings. The summed E-state index contributed by atoms with van der Waals surface area (Å²) in [6, 6.07) is 140. The highest BCUT2D eigenvalue weighted by molar-refractivity contribution is 9.13. The average molecular weight is 2060 g/mol. The molecule has 0 amide bonds. The number of aldehydes is 1. The molecule has 0 aliphatic carbocycles. The number of benzene rings is 19. The van der Waals surface area contributed by atoms with Crippen LogP contribution in [0.1, 0.15) is 10.4 Å². The summed E-state index contributed by atoms with van der Waals surface area (Å²) in [7, 11) is 0. The molecule has 6 N–H and O–H groups in total. The van der Waals surface area contributed by atoms with E-state index < -0.39 is 0 Å². The largest absolute Gasteiger partial charge is 0.456 e. The van der Waals surface area contributed by atoms with Crippen molar-refractivity contribution < 1.29 is 22.5 Å². The number of carbonyl (C=O) groups excluding carboxylic acids is 1.